The van der Waals surface area contributed by atoms with Crippen molar-refractivity contribution in [2.24, 2.45) is 5.10 Å². The van der Waals surface area contributed by atoms with Crippen molar-refractivity contribution < 1.29 is 15.0 Å². The Morgan fingerprint density at radius 1 is 1.16 bits per heavy atom. The molecule has 25 heavy (non-hydrogen) atoms. The first-order valence-electron chi connectivity index (χ1n) is 7.86. The third kappa shape index (κ3) is 4.64. The molecular formula is C18H20ClN3O3. The SMILES string of the molecule is CCN(CC)c1ccc(/C=N/NC(=O)c2ccc(Cl)cc2O)c(O)c1. The summed E-state index contributed by atoms with van der Waals surface area (Å²) in [7, 11) is 0. The van der Waals surface area contributed by atoms with E-state index in [0.717, 1.165) is 18.8 Å². The van der Waals surface area contributed by atoms with Crippen molar-refractivity contribution in [2.45, 2.75) is 13.8 Å². The van der Waals surface area contributed by atoms with Crippen molar-refractivity contribution in [3.63, 3.8) is 0 Å². The highest BCUT2D eigenvalue weighted by molar-refractivity contribution is 6.30. The molecule has 7 heteroatoms. The van der Waals surface area contributed by atoms with Gasteiger partial charge >= 0.3 is 0 Å². The van der Waals surface area contributed by atoms with Crippen LogP contribution in [0.1, 0.15) is 29.8 Å². The highest BCUT2D eigenvalue weighted by Gasteiger charge is 2.10. The summed E-state index contributed by atoms with van der Waals surface area (Å²) in [6, 6.07) is 9.43. The Kier molecular flexibility index (Phi) is 6.25. The number of carbonyl (C=O) groups excluding carboxylic acids is 1. The molecule has 0 radical (unpaired) electrons. The number of nitrogens with one attached hydrogen (secondary N) is 1. The number of amides is 1. The quantitative estimate of drug-likeness (QED) is 0.544. The van der Waals surface area contributed by atoms with E-state index < -0.39 is 5.91 Å². The van der Waals surface area contributed by atoms with Crippen LogP contribution < -0.4 is 10.3 Å². The highest BCUT2D eigenvalue weighted by atomic mass is 35.5. The van der Waals surface area contributed by atoms with Crippen molar-refractivity contribution in [3.05, 3.63) is 52.5 Å². The standard InChI is InChI=1S/C18H20ClN3O3/c1-3-22(4-2)14-7-5-12(16(23)10-14)11-20-21-18(25)15-8-6-13(19)9-17(15)24/h5-11,23-24H,3-4H2,1-2H3,(H,21,25)/b20-11+. The number of carbonyl (C=O) groups is 1. The van der Waals surface area contributed by atoms with E-state index in [1.807, 2.05) is 19.9 Å². The molecule has 0 spiro atoms. The Labute approximate surface area is 151 Å². The maximum atomic E-state index is 12.0. The molecule has 0 fully saturated rings. The highest BCUT2D eigenvalue weighted by Crippen LogP contribution is 2.24. The van der Waals surface area contributed by atoms with Crippen LogP contribution in [0.2, 0.25) is 5.02 Å². The largest absolute Gasteiger partial charge is 0.507 e. The minimum atomic E-state index is -0.579. The number of halogens is 1. The second-order valence-electron chi connectivity index (χ2n) is 5.28. The van der Waals surface area contributed by atoms with Gasteiger partial charge < -0.3 is 15.1 Å². The van der Waals surface area contributed by atoms with Gasteiger partial charge in [-0.15, -0.1) is 0 Å². The third-order valence-electron chi connectivity index (χ3n) is 3.72. The first-order valence-corrected chi connectivity index (χ1v) is 8.24. The molecule has 0 aliphatic heterocycles. The van der Waals surface area contributed by atoms with Crippen LogP contribution in [0.4, 0.5) is 5.69 Å². The monoisotopic (exact) mass is 361 g/mol. The maximum absolute atomic E-state index is 12.0. The van der Waals surface area contributed by atoms with Gasteiger partial charge in [0.2, 0.25) is 0 Å². The van der Waals surface area contributed by atoms with E-state index in [1.54, 1.807) is 12.1 Å². The van der Waals surface area contributed by atoms with E-state index in [-0.39, 0.29) is 17.1 Å². The predicted octanol–water partition coefficient (Wildman–Crippen LogP) is 3.36. The molecule has 0 aliphatic rings. The topological polar surface area (TPSA) is 85.2 Å². The molecule has 2 rings (SSSR count). The van der Waals surface area contributed by atoms with E-state index in [0.29, 0.717) is 10.6 Å². The fourth-order valence-electron chi connectivity index (χ4n) is 2.34. The number of phenols is 2. The first-order chi connectivity index (χ1) is 12.0. The van der Waals surface area contributed by atoms with E-state index in [4.69, 9.17) is 11.6 Å². The summed E-state index contributed by atoms with van der Waals surface area (Å²) >= 11 is 5.73. The number of benzene rings is 2. The fourth-order valence-corrected chi connectivity index (χ4v) is 2.51. The molecule has 0 saturated heterocycles. The second-order valence-corrected chi connectivity index (χ2v) is 5.71. The summed E-state index contributed by atoms with van der Waals surface area (Å²) < 4.78 is 0. The zero-order valence-electron chi connectivity index (χ0n) is 14.0. The number of rotatable bonds is 6. The molecule has 0 heterocycles. The molecule has 0 aliphatic carbocycles. The zero-order valence-corrected chi connectivity index (χ0v) is 14.8. The van der Waals surface area contributed by atoms with Gasteiger partial charge in [-0.2, -0.15) is 5.10 Å². The van der Waals surface area contributed by atoms with Crippen molar-refractivity contribution >= 4 is 29.4 Å². The Morgan fingerprint density at radius 2 is 1.88 bits per heavy atom. The molecule has 0 unspecified atom stereocenters. The Hall–Kier alpha value is -2.73. The van der Waals surface area contributed by atoms with E-state index in [1.165, 1.54) is 24.4 Å². The average Bonchev–Trinajstić information content (AvgIpc) is 2.57. The van der Waals surface area contributed by atoms with Gasteiger partial charge in [-0.25, -0.2) is 5.43 Å². The lowest BCUT2D eigenvalue weighted by atomic mass is 10.2. The lowest BCUT2D eigenvalue weighted by Crippen LogP contribution is -2.21. The van der Waals surface area contributed by atoms with Crippen molar-refractivity contribution in [2.75, 3.05) is 18.0 Å². The van der Waals surface area contributed by atoms with Gasteiger partial charge in [0.15, 0.2) is 0 Å². The van der Waals surface area contributed by atoms with Crippen LogP contribution in [-0.2, 0) is 0 Å². The number of hydrazone groups is 1. The van der Waals surface area contributed by atoms with Crippen molar-refractivity contribution in [3.8, 4) is 11.5 Å². The summed E-state index contributed by atoms with van der Waals surface area (Å²) in [6.07, 6.45) is 1.34. The molecule has 0 atom stereocenters. The van der Waals surface area contributed by atoms with Gasteiger partial charge in [-0.05, 0) is 44.2 Å². The van der Waals surface area contributed by atoms with E-state index >= 15 is 0 Å². The van der Waals surface area contributed by atoms with Crippen LogP contribution >= 0.6 is 11.6 Å². The predicted molar refractivity (Wildman–Crippen MR) is 99.8 cm³/mol. The van der Waals surface area contributed by atoms with Gasteiger partial charge in [0.25, 0.3) is 5.91 Å². The average molecular weight is 362 g/mol. The number of nitrogens with zero attached hydrogens (tertiary/aromatic N) is 2. The summed E-state index contributed by atoms with van der Waals surface area (Å²) in [6.45, 7) is 5.75. The molecule has 132 valence electrons. The van der Waals surface area contributed by atoms with Crippen LogP contribution in [0.15, 0.2) is 41.5 Å². The van der Waals surface area contributed by atoms with Crippen LogP contribution in [0.3, 0.4) is 0 Å². The van der Waals surface area contributed by atoms with Gasteiger partial charge in [-0.3, -0.25) is 4.79 Å². The van der Waals surface area contributed by atoms with E-state index in [2.05, 4.69) is 15.4 Å². The van der Waals surface area contributed by atoms with E-state index in [9.17, 15) is 15.0 Å². The molecule has 1 amide bonds. The molecule has 2 aromatic rings. The number of aromatic hydroxyl groups is 2. The molecule has 0 aromatic heterocycles. The Morgan fingerprint density at radius 3 is 2.48 bits per heavy atom. The molecular weight excluding hydrogens is 342 g/mol. The van der Waals surface area contributed by atoms with Crippen LogP contribution in [0, 0.1) is 0 Å². The lowest BCUT2D eigenvalue weighted by Gasteiger charge is -2.21. The van der Waals surface area contributed by atoms with Crippen molar-refractivity contribution in [1.29, 1.82) is 0 Å². The number of anilines is 1. The minimum Gasteiger partial charge on any atom is -0.507 e. The van der Waals surface area contributed by atoms with Gasteiger partial charge in [0, 0.05) is 35.4 Å². The van der Waals surface area contributed by atoms with Gasteiger partial charge in [0.05, 0.1) is 11.8 Å². The normalized spacial score (nSPS) is 10.8. The molecule has 2 aromatic carbocycles. The molecule has 3 N–H and O–H groups in total. The lowest BCUT2D eigenvalue weighted by molar-refractivity contribution is 0.0952. The summed E-state index contributed by atoms with van der Waals surface area (Å²) in [4.78, 5) is 14.1. The molecule has 0 bridgehead atoms. The zero-order chi connectivity index (χ0) is 18.4. The smallest absolute Gasteiger partial charge is 0.275 e. The van der Waals surface area contributed by atoms with Crippen LogP contribution in [-0.4, -0.2) is 35.4 Å². The fraction of sp³-hybridized carbons (Fsp3) is 0.222. The van der Waals surface area contributed by atoms with Crippen LogP contribution in [0.25, 0.3) is 0 Å². The second kappa shape index (κ2) is 8.39. The Balaban J connectivity index is 2.08. The Bertz CT molecular complexity index is 789. The van der Waals surface area contributed by atoms with Gasteiger partial charge in [-0.1, -0.05) is 11.6 Å². The first kappa shape index (κ1) is 18.6. The maximum Gasteiger partial charge on any atom is 0.275 e. The minimum absolute atomic E-state index is 0.0580. The number of hydrogen-bond acceptors (Lipinski definition) is 5. The molecule has 0 saturated carbocycles. The number of hydrogen-bond donors (Lipinski definition) is 3. The molecule has 6 nitrogen and oxygen atoms in total. The summed E-state index contributed by atoms with van der Waals surface area (Å²) in [5.74, 6) is -0.743. The number of phenolic OH excluding ortho intramolecular Hbond substituents is 2. The third-order valence-corrected chi connectivity index (χ3v) is 3.95. The van der Waals surface area contributed by atoms with Gasteiger partial charge in [0.1, 0.15) is 11.5 Å². The summed E-state index contributed by atoms with van der Waals surface area (Å²) in [5, 5.41) is 24.0. The van der Waals surface area contributed by atoms with Crippen molar-refractivity contribution in [1.82, 2.24) is 5.43 Å². The van der Waals surface area contributed by atoms with Crippen LogP contribution in [0.5, 0.6) is 11.5 Å². The summed E-state index contributed by atoms with van der Waals surface area (Å²) in [5.41, 5.74) is 3.74.